The van der Waals surface area contributed by atoms with E-state index in [1.54, 1.807) is 6.21 Å². The van der Waals surface area contributed by atoms with Crippen molar-refractivity contribution in [1.82, 2.24) is 0 Å². The summed E-state index contributed by atoms with van der Waals surface area (Å²) in [6, 6.07) is 10.1. The Morgan fingerprint density at radius 1 is 1.31 bits per heavy atom. The molecule has 0 aromatic heterocycles. The monoisotopic (exact) mass is 175 g/mol. The highest BCUT2D eigenvalue weighted by Gasteiger charge is 1.94. The van der Waals surface area contributed by atoms with Gasteiger partial charge in [-0.1, -0.05) is 41.6 Å². The second-order valence-electron chi connectivity index (χ2n) is 2.53. The summed E-state index contributed by atoms with van der Waals surface area (Å²) in [6.07, 6.45) is 3.70. The lowest BCUT2D eigenvalue weighted by Crippen LogP contribution is -1.85. The Morgan fingerprint density at radius 2 is 2.00 bits per heavy atom. The molecule has 1 aromatic rings. The summed E-state index contributed by atoms with van der Waals surface area (Å²) in [6.45, 7) is 1.98. The molecular formula is C11H13NO. The molecule has 0 radical (unpaired) electrons. The highest BCUT2D eigenvalue weighted by molar-refractivity contribution is 6.09. The first-order chi connectivity index (χ1) is 6.38. The second kappa shape index (κ2) is 5.14. The van der Waals surface area contributed by atoms with Crippen molar-refractivity contribution in [3.05, 3.63) is 42.0 Å². The minimum absolute atomic E-state index is 1.06. The van der Waals surface area contributed by atoms with Gasteiger partial charge < -0.3 is 4.84 Å². The average molecular weight is 175 g/mol. The largest absolute Gasteiger partial charge is 0.399 e. The lowest BCUT2D eigenvalue weighted by Gasteiger charge is -1.99. The summed E-state index contributed by atoms with van der Waals surface area (Å²) in [7, 11) is 1.54. The van der Waals surface area contributed by atoms with E-state index in [-0.39, 0.29) is 0 Å². The Morgan fingerprint density at radius 3 is 2.54 bits per heavy atom. The smallest absolute Gasteiger partial charge is 0.106 e. The van der Waals surface area contributed by atoms with Crippen LogP contribution in [0.1, 0.15) is 12.5 Å². The van der Waals surface area contributed by atoms with Gasteiger partial charge in [0.1, 0.15) is 7.11 Å². The predicted octanol–water partition coefficient (Wildman–Crippen LogP) is 2.72. The minimum atomic E-state index is 1.06. The zero-order valence-electron chi connectivity index (χ0n) is 7.90. The van der Waals surface area contributed by atoms with Gasteiger partial charge in [0.2, 0.25) is 0 Å². The average Bonchev–Trinajstić information content (AvgIpc) is 2.21. The Labute approximate surface area is 78.5 Å². The molecule has 0 aliphatic rings. The topological polar surface area (TPSA) is 21.6 Å². The molecule has 1 rings (SSSR count). The van der Waals surface area contributed by atoms with Crippen molar-refractivity contribution in [2.75, 3.05) is 7.11 Å². The molecule has 2 heteroatoms. The Hall–Kier alpha value is -1.57. The van der Waals surface area contributed by atoms with E-state index in [9.17, 15) is 0 Å². The van der Waals surface area contributed by atoms with Crippen LogP contribution in [0.3, 0.4) is 0 Å². The molecule has 0 unspecified atom stereocenters. The van der Waals surface area contributed by atoms with Gasteiger partial charge in [-0.15, -0.1) is 0 Å². The van der Waals surface area contributed by atoms with Crippen molar-refractivity contribution in [1.29, 1.82) is 0 Å². The first kappa shape index (κ1) is 9.52. The van der Waals surface area contributed by atoms with Crippen LogP contribution in [-0.2, 0) is 4.84 Å². The molecule has 0 spiro atoms. The van der Waals surface area contributed by atoms with Gasteiger partial charge in [0.05, 0.1) is 6.21 Å². The Balaban J connectivity index is 2.87. The van der Waals surface area contributed by atoms with Crippen LogP contribution in [0.15, 0.2) is 41.6 Å². The lowest BCUT2D eigenvalue weighted by molar-refractivity contribution is 0.216. The van der Waals surface area contributed by atoms with E-state index in [4.69, 9.17) is 0 Å². The zero-order chi connectivity index (χ0) is 9.52. The van der Waals surface area contributed by atoms with E-state index in [2.05, 4.69) is 9.99 Å². The summed E-state index contributed by atoms with van der Waals surface area (Å²) in [5.74, 6) is 0. The van der Waals surface area contributed by atoms with E-state index in [1.807, 2.05) is 43.3 Å². The third-order valence-electron chi connectivity index (χ3n) is 1.72. The Bertz CT molecular complexity index is 301. The molecule has 0 aliphatic carbocycles. The quantitative estimate of drug-likeness (QED) is 0.511. The van der Waals surface area contributed by atoms with Gasteiger partial charge in [-0.3, -0.25) is 0 Å². The number of rotatable bonds is 3. The summed E-state index contributed by atoms with van der Waals surface area (Å²) >= 11 is 0. The molecule has 0 fully saturated rings. The molecule has 68 valence electrons. The Kier molecular flexibility index (Phi) is 3.76. The SMILES string of the molecule is C/C=C(\C=N\OC)c1ccccc1. The third kappa shape index (κ3) is 2.75. The van der Waals surface area contributed by atoms with Crippen LogP contribution in [0.4, 0.5) is 0 Å². The molecular weight excluding hydrogens is 162 g/mol. The van der Waals surface area contributed by atoms with Crippen molar-refractivity contribution in [2.24, 2.45) is 5.16 Å². The fourth-order valence-corrected chi connectivity index (χ4v) is 1.06. The summed E-state index contributed by atoms with van der Waals surface area (Å²) in [5.41, 5.74) is 2.20. The van der Waals surface area contributed by atoms with Gasteiger partial charge in [0.25, 0.3) is 0 Å². The fourth-order valence-electron chi connectivity index (χ4n) is 1.06. The van der Waals surface area contributed by atoms with Gasteiger partial charge in [-0.2, -0.15) is 0 Å². The number of hydrogen-bond acceptors (Lipinski definition) is 2. The van der Waals surface area contributed by atoms with E-state index in [0.717, 1.165) is 11.1 Å². The highest BCUT2D eigenvalue weighted by atomic mass is 16.6. The fraction of sp³-hybridized carbons (Fsp3) is 0.182. The van der Waals surface area contributed by atoms with Crippen LogP contribution < -0.4 is 0 Å². The maximum absolute atomic E-state index is 4.62. The van der Waals surface area contributed by atoms with Gasteiger partial charge in [-0.25, -0.2) is 0 Å². The third-order valence-corrected chi connectivity index (χ3v) is 1.72. The second-order valence-corrected chi connectivity index (χ2v) is 2.53. The standard InChI is InChI=1S/C11H13NO/c1-3-10(9-12-13-2)11-7-5-4-6-8-11/h3-9H,1-2H3/b10-3+,12-9+. The number of allylic oxidation sites excluding steroid dienone is 2. The van der Waals surface area contributed by atoms with Crippen LogP contribution in [0.5, 0.6) is 0 Å². The zero-order valence-corrected chi connectivity index (χ0v) is 7.90. The maximum Gasteiger partial charge on any atom is 0.106 e. The van der Waals surface area contributed by atoms with Gasteiger partial charge in [-0.05, 0) is 18.1 Å². The van der Waals surface area contributed by atoms with Gasteiger partial charge in [0, 0.05) is 0 Å². The van der Waals surface area contributed by atoms with E-state index >= 15 is 0 Å². The molecule has 0 saturated heterocycles. The molecule has 0 bridgehead atoms. The van der Waals surface area contributed by atoms with E-state index in [1.165, 1.54) is 7.11 Å². The van der Waals surface area contributed by atoms with Gasteiger partial charge >= 0.3 is 0 Å². The van der Waals surface area contributed by atoms with Gasteiger partial charge in [0.15, 0.2) is 0 Å². The molecule has 0 saturated carbocycles. The summed E-state index contributed by atoms with van der Waals surface area (Å²) in [5, 5.41) is 3.73. The molecule has 0 amide bonds. The predicted molar refractivity (Wildman–Crippen MR) is 55.6 cm³/mol. The number of hydrogen-bond donors (Lipinski definition) is 0. The van der Waals surface area contributed by atoms with Crippen LogP contribution >= 0.6 is 0 Å². The van der Waals surface area contributed by atoms with Crippen molar-refractivity contribution in [2.45, 2.75) is 6.92 Å². The number of benzene rings is 1. The molecule has 2 nitrogen and oxygen atoms in total. The van der Waals surface area contributed by atoms with Crippen molar-refractivity contribution in [3.8, 4) is 0 Å². The first-order valence-corrected chi connectivity index (χ1v) is 4.16. The van der Waals surface area contributed by atoms with Crippen molar-refractivity contribution in [3.63, 3.8) is 0 Å². The highest BCUT2D eigenvalue weighted by Crippen LogP contribution is 2.10. The number of oxime groups is 1. The molecule has 0 atom stereocenters. The molecule has 0 heterocycles. The molecule has 0 aliphatic heterocycles. The first-order valence-electron chi connectivity index (χ1n) is 4.16. The minimum Gasteiger partial charge on any atom is -0.399 e. The molecule has 13 heavy (non-hydrogen) atoms. The van der Waals surface area contributed by atoms with Crippen molar-refractivity contribution < 1.29 is 4.84 Å². The maximum atomic E-state index is 4.62. The molecule has 1 aromatic carbocycles. The van der Waals surface area contributed by atoms with Crippen LogP contribution in [0.25, 0.3) is 5.57 Å². The van der Waals surface area contributed by atoms with Crippen LogP contribution in [-0.4, -0.2) is 13.3 Å². The normalized spacial score (nSPS) is 12.0. The van der Waals surface area contributed by atoms with Crippen LogP contribution in [0.2, 0.25) is 0 Å². The van der Waals surface area contributed by atoms with Crippen molar-refractivity contribution >= 4 is 11.8 Å². The summed E-state index contributed by atoms with van der Waals surface area (Å²) < 4.78 is 0. The van der Waals surface area contributed by atoms with E-state index in [0.29, 0.717) is 0 Å². The summed E-state index contributed by atoms with van der Waals surface area (Å²) in [4.78, 5) is 4.62. The van der Waals surface area contributed by atoms with Crippen LogP contribution in [0, 0.1) is 0 Å². The lowest BCUT2D eigenvalue weighted by atomic mass is 10.1. The molecule has 0 N–H and O–H groups in total. The van der Waals surface area contributed by atoms with E-state index < -0.39 is 0 Å². The number of nitrogens with zero attached hydrogens (tertiary/aromatic N) is 1.